The number of nitrogens with zero attached hydrogens (tertiary/aromatic N) is 1. The molecule has 1 aliphatic carbocycles. The molecule has 0 amide bonds. The van der Waals surface area contributed by atoms with Crippen LogP contribution in [0.4, 0.5) is 0 Å². The van der Waals surface area contributed by atoms with Crippen LogP contribution in [0.5, 0.6) is 0 Å². The zero-order valence-corrected chi connectivity index (χ0v) is 13.3. The molecule has 3 rings (SSSR count). The van der Waals surface area contributed by atoms with Gasteiger partial charge in [-0.15, -0.1) is 11.3 Å². The monoisotopic (exact) mass is 328 g/mol. The lowest BCUT2D eigenvalue weighted by molar-refractivity contribution is 0.287. The second kappa shape index (κ2) is 5.61. The van der Waals surface area contributed by atoms with Gasteiger partial charge in [0.2, 0.25) is 0 Å². The highest BCUT2D eigenvalue weighted by atomic mass is 79.9. The maximum absolute atomic E-state index is 3.81. The first-order valence-electron chi connectivity index (χ1n) is 6.96. The Kier molecular flexibility index (Phi) is 4.09. The lowest BCUT2D eigenvalue weighted by Gasteiger charge is -2.27. The van der Waals surface area contributed by atoms with Crippen LogP contribution in [-0.2, 0) is 6.42 Å². The fourth-order valence-electron chi connectivity index (χ4n) is 3.25. The van der Waals surface area contributed by atoms with Gasteiger partial charge >= 0.3 is 0 Å². The first-order chi connectivity index (χ1) is 8.74. The summed E-state index contributed by atoms with van der Waals surface area (Å²) in [5.74, 6) is 0. The van der Waals surface area contributed by atoms with E-state index in [1.165, 1.54) is 42.4 Å². The number of nitrogens with one attached hydrogen (secondary N) is 1. The Labute approximate surface area is 122 Å². The molecule has 1 saturated heterocycles. The summed E-state index contributed by atoms with van der Waals surface area (Å²) < 4.78 is 1.29. The fourth-order valence-corrected chi connectivity index (χ4v) is 5.07. The largest absolute Gasteiger partial charge is 0.308 e. The topological polar surface area (TPSA) is 15.3 Å². The standard InChI is InChI=1S/C14H21BrN2S/c1-17-7-3-4-10(17)9-16-12-5-2-6-13-11(12)8-14(15)18-13/h8,10,12,16H,2-7,9H2,1H3. The molecule has 0 aromatic carbocycles. The van der Waals surface area contributed by atoms with Gasteiger partial charge in [-0.05, 0) is 73.3 Å². The number of thiophene rings is 1. The number of hydrogen-bond acceptors (Lipinski definition) is 3. The van der Waals surface area contributed by atoms with Crippen molar-refractivity contribution in [1.82, 2.24) is 10.2 Å². The summed E-state index contributed by atoms with van der Waals surface area (Å²) in [6, 6.07) is 3.66. The van der Waals surface area contributed by atoms with Crippen LogP contribution in [0, 0.1) is 0 Å². The van der Waals surface area contributed by atoms with Crippen molar-refractivity contribution < 1.29 is 0 Å². The number of likely N-dealkylation sites (N-methyl/N-ethyl adjacent to an activating group) is 1. The Bertz CT molecular complexity index is 418. The Hall–Kier alpha value is 0.100. The zero-order chi connectivity index (χ0) is 12.5. The lowest BCUT2D eigenvalue weighted by Crippen LogP contribution is -2.37. The van der Waals surface area contributed by atoms with Gasteiger partial charge in [-0.1, -0.05) is 0 Å². The molecule has 1 aromatic rings. The SMILES string of the molecule is CN1CCCC1CNC1CCCc2sc(Br)cc21. The molecule has 0 bridgehead atoms. The molecule has 1 aliphatic heterocycles. The predicted octanol–water partition coefficient (Wildman–Crippen LogP) is 3.57. The maximum Gasteiger partial charge on any atom is 0.0704 e. The molecule has 0 spiro atoms. The third kappa shape index (κ3) is 2.67. The molecule has 2 heterocycles. The molecular formula is C14H21BrN2S. The number of aryl methyl sites for hydroxylation is 1. The average molecular weight is 329 g/mol. The first-order valence-corrected chi connectivity index (χ1v) is 8.56. The van der Waals surface area contributed by atoms with Crippen molar-refractivity contribution in [2.24, 2.45) is 0 Å². The van der Waals surface area contributed by atoms with Crippen molar-refractivity contribution in [3.05, 3.63) is 20.3 Å². The third-order valence-electron chi connectivity index (χ3n) is 4.36. The molecular weight excluding hydrogens is 308 g/mol. The van der Waals surface area contributed by atoms with Crippen LogP contribution in [0.2, 0.25) is 0 Å². The van der Waals surface area contributed by atoms with Crippen LogP contribution in [-0.4, -0.2) is 31.1 Å². The van der Waals surface area contributed by atoms with Crippen LogP contribution >= 0.6 is 27.3 Å². The first kappa shape index (κ1) is 13.1. The van der Waals surface area contributed by atoms with Crippen LogP contribution in [0.25, 0.3) is 0 Å². The number of rotatable bonds is 3. The van der Waals surface area contributed by atoms with Crippen LogP contribution in [0.3, 0.4) is 0 Å². The minimum absolute atomic E-state index is 0.588. The van der Waals surface area contributed by atoms with Gasteiger partial charge in [0, 0.05) is 23.5 Å². The molecule has 4 heteroatoms. The summed E-state index contributed by atoms with van der Waals surface area (Å²) in [6.45, 7) is 2.42. The maximum atomic E-state index is 3.81. The lowest BCUT2D eigenvalue weighted by atomic mass is 9.94. The van der Waals surface area contributed by atoms with Crippen molar-refractivity contribution in [2.45, 2.75) is 44.2 Å². The van der Waals surface area contributed by atoms with E-state index < -0.39 is 0 Å². The highest BCUT2D eigenvalue weighted by Crippen LogP contribution is 2.38. The Balaban J connectivity index is 1.63. The highest BCUT2D eigenvalue weighted by Gasteiger charge is 2.25. The van der Waals surface area contributed by atoms with Crippen molar-refractivity contribution in [3.8, 4) is 0 Å². The Morgan fingerprint density at radius 2 is 2.33 bits per heavy atom. The van der Waals surface area contributed by atoms with E-state index in [4.69, 9.17) is 0 Å². The molecule has 18 heavy (non-hydrogen) atoms. The second-order valence-corrected chi connectivity index (χ2v) is 8.07. The molecule has 0 radical (unpaired) electrons. The molecule has 2 nitrogen and oxygen atoms in total. The van der Waals surface area contributed by atoms with E-state index in [2.05, 4.69) is 39.3 Å². The fraction of sp³-hybridized carbons (Fsp3) is 0.714. The summed E-state index contributed by atoms with van der Waals surface area (Å²) in [7, 11) is 2.26. The number of halogens is 1. The van der Waals surface area contributed by atoms with Gasteiger partial charge in [0.25, 0.3) is 0 Å². The van der Waals surface area contributed by atoms with Gasteiger partial charge in [0.15, 0.2) is 0 Å². The summed E-state index contributed by atoms with van der Waals surface area (Å²) in [6.07, 6.45) is 6.62. The van der Waals surface area contributed by atoms with E-state index in [9.17, 15) is 0 Å². The predicted molar refractivity (Wildman–Crippen MR) is 81.4 cm³/mol. The Morgan fingerprint density at radius 3 is 3.11 bits per heavy atom. The van der Waals surface area contributed by atoms with Gasteiger partial charge in [0.1, 0.15) is 0 Å². The van der Waals surface area contributed by atoms with Crippen LogP contribution in [0.1, 0.15) is 42.2 Å². The molecule has 2 atom stereocenters. The van der Waals surface area contributed by atoms with E-state index in [-0.39, 0.29) is 0 Å². The summed E-state index contributed by atoms with van der Waals surface area (Å²) in [4.78, 5) is 4.09. The number of likely N-dealkylation sites (tertiary alicyclic amines) is 1. The van der Waals surface area contributed by atoms with Gasteiger partial charge in [-0.25, -0.2) is 0 Å². The molecule has 100 valence electrons. The van der Waals surface area contributed by atoms with Crippen molar-refractivity contribution in [3.63, 3.8) is 0 Å². The Morgan fingerprint density at radius 1 is 1.44 bits per heavy atom. The van der Waals surface area contributed by atoms with Gasteiger partial charge in [0.05, 0.1) is 3.79 Å². The normalized spacial score (nSPS) is 28.6. The molecule has 2 aliphatic rings. The van der Waals surface area contributed by atoms with E-state index in [0.717, 1.165) is 12.6 Å². The molecule has 1 N–H and O–H groups in total. The van der Waals surface area contributed by atoms with Gasteiger partial charge < -0.3 is 10.2 Å². The molecule has 2 unspecified atom stereocenters. The van der Waals surface area contributed by atoms with Gasteiger partial charge in [-0.3, -0.25) is 0 Å². The number of fused-ring (bicyclic) bond motifs is 1. The minimum Gasteiger partial charge on any atom is -0.308 e. The summed E-state index contributed by atoms with van der Waals surface area (Å²) in [5, 5.41) is 3.81. The average Bonchev–Trinajstić information content (AvgIpc) is 2.91. The van der Waals surface area contributed by atoms with E-state index in [1.54, 1.807) is 10.4 Å². The van der Waals surface area contributed by atoms with Crippen LogP contribution < -0.4 is 5.32 Å². The smallest absolute Gasteiger partial charge is 0.0704 e. The van der Waals surface area contributed by atoms with Gasteiger partial charge in [-0.2, -0.15) is 0 Å². The molecule has 1 fully saturated rings. The quantitative estimate of drug-likeness (QED) is 0.912. The second-order valence-electron chi connectivity index (χ2n) is 5.56. The van der Waals surface area contributed by atoms with E-state index in [0.29, 0.717) is 6.04 Å². The van der Waals surface area contributed by atoms with E-state index in [1.807, 2.05) is 11.3 Å². The zero-order valence-electron chi connectivity index (χ0n) is 10.9. The summed E-state index contributed by atoms with van der Waals surface area (Å²) >= 11 is 5.55. The highest BCUT2D eigenvalue weighted by molar-refractivity contribution is 9.11. The van der Waals surface area contributed by atoms with Crippen molar-refractivity contribution >= 4 is 27.3 Å². The minimum atomic E-state index is 0.588. The van der Waals surface area contributed by atoms with E-state index >= 15 is 0 Å². The van der Waals surface area contributed by atoms with Crippen LogP contribution in [0.15, 0.2) is 9.85 Å². The molecule has 0 saturated carbocycles. The number of hydrogen-bond donors (Lipinski definition) is 1. The third-order valence-corrected chi connectivity index (χ3v) is 6.07. The summed E-state index contributed by atoms with van der Waals surface area (Å²) in [5.41, 5.74) is 1.55. The molecule has 1 aromatic heterocycles. The van der Waals surface area contributed by atoms with Crippen molar-refractivity contribution in [2.75, 3.05) is 20.1 Å². The van der Waals surface area contributed by atoms with Crippen molar-refractivity contribution in [1.29, 1.82) is 0 Å².